The number of piperidine rings is 1. The van der Waals surface area contributed by atoms with Crippen molar-refractivity contribution in [1.82, 2.24) is 4.90 Å². The first-order chi connectivity index (χ1) is 12.7. The van der Waals surface area contributed by atoms with Gasteiger partial charge in [0.2, 0.25) is 0 Å². The molecule has 5 nitrogen and oxygen atoms in total. The van der Waals surface area contributed by atoms with E-state index in [9.17, 15) is 9.59 Å². The Balaban J connectivity index is 1.80. The summed E-state index contributed by atoms with van der Waals surface area (Å²) in [5.74, 6) is -0.681. The molecule has 3 rings (SSSR count). The van der Waals surface area contributed by atoms with Crippen molar-refractivity contribution < 1.29 is 19.1 Å². The van der Waals surface area contributed by atoms with Crippen LogP contribution < -0.4 is 0 Å². The molecule has 0 radical (unpaired) electrons. The number of amides is 1. The highest BCUT2D eigenvalue weighted by atomic mass is 16.6. The summed E-state index contributed by atoms with van der Waals surface area (Å²) in [6.07, 6.45) is 1.02. The van der Waals surface area contributed by atoms with Crippen LogP contribution in [0.15, 0.2) is 60.7 Å². The lowest BCUT2D eigenvalue weighted by Crippen LogP contribution is -2.45. The summed E-state index contributed by atoms with van der Waals surface area (Å²) < 4.78 is 10.5. The summed E-state index contributed by atoms with van der Waals surface area (Å²) in [7, 11) is 1.39. The molecule has 0 N–H and O–H groups in total. The molecule has 5 heteroatoms. The SMILES string of the molecule is COC(=O)[C@H]1CCCN(C(=O)OCc2ccccc2)[C@H]1c1ccccc1. The topological polar surface area (TPSA) is 55.8 Å². The standard InChI is InChI=1S/C21H23NO4/c1-25-20(23)18-13-8-14-22(19(18)17-11-6-3-7-12-17)21(24)26-15-16-9-4-2-5-10-16/h2-7,9-12,18-19H,8,13-15H2,1H3/t18-,19-/m0/s1. The van der Waals surface area contributed by atoms with Gasteiger partial charge in [0.15, 0.2) is 0 Å². The largest absolute Gasteiger partial charge is 0.469 e. The van der Waals surface area contributed by atoms with E-state index in [1.807, 2.05) is 60.7 Å². The maximum Gasteiger partial charge on any atom is 0.410 e. The summed E-state index contributed by atoms with van der Waals surface area (Å²) in [6, 6.07) is 18.8. The van der Waals surface area contributed by atoms with Gasteiger partial charge in [0.1, 0.15) is 6.61 Å². The second-order valence-corrected chi connectivity index (χ2v) is 6.36. The molecular formula is C21H23NO4. The zero-order chi connectivity index (χ0) is 18.4. The predicted octanol–water partition coefficient (Wildman–Crippen LogP) is 3.95. The summed E-state index contributed by atoms with van der Waals surface area (Å²) in [5, 5.41) is 0. The molecule has 0 bridgehead atoms. The van der Waals surface area contributed by atoms with Gasteiger partial charge in [0.25, 0.3) is 0 Å². The van der Waals surface area contributed by atoms with Crippen LogP contribution in [0.4, 0.5) is 4.79 Å². The summed E-state index contributed by atoms with van der Waals surface area (Å²) in [4.78, 5) is 26.7. The van der Waals surface area contributed by atoms with Gasteiger partial charge >= 0.3 is 12.1 Å². The first-order valence-corrected chi connectivity index (χ1v) is 8.81. The molecule has 0 saturated carbocycles. The minimum Gasteiger partial charge on any atom is -0.469 e. The first kappa shape index (κ1) is 18.0. The minimum absolute atomic E-state index is 0.209. The number of ether oxygens (including phenoxy) is 2. The number of carbonyl (C=O) groups is 2. The van der Waals surface area contributed by atoms with E-state index in [2.05, 4.69) is 0 Å². The van der Waals surface area contributed by atoms with Crippen LogP contribution in [0.1, 0.15) is 30.0 Å². The maximum atomic E-state index is 12.8. The number of hydrogen-bond acceptors (Lipinski definition) is 4. The number of methoxy groups -OCH3 is 1. The number of rotatable bonds is 4. The van der Waals surface area contributed by atoms with Gasteiger partial charge < -0.3 is 14.4 Å². The Kier molecular flexibility index (Phi) is 5.89. The molecule has 1 heterocycles. The Labute approximate surface area is 153 Å². The number of hydrogen-bond donors (Lipinski definition) is 0. The molecule has 1 amide bonds. The molecule has 2 aromatic carbocycles. The predicted molar refractivity (Wildman–Crippen MR) is 97.3 cm³/mol. The number of nitrogens with zero attached hydrogens (tertiary/aromatic N) is 1. The molecule has 0 spiro atoms. The highest BCUT2D eigenvalue weighted by Gasteiger charge is 2.40. The average Bonchev–Trinajstić information content (AvgIpc) is 2.72. The summed E-state index contributed by atoms with van der Waals surface area (Å²) >= 11 is 0. The van der Waals surface area contributed by atoms with Crippen LogP contribution in [-0.4, -0.2) is 30.6 Å². The second-order valence-electron chi connectivity index (χ2n) is 6.36. The van der Waals surface area contributed by atoms with E-state index in [1.165, 1.54) is 7.11 Å². The fourth-order valence-electron chi connectivity index (χ4n) is 3.46. The van der Waals surface area contributed by atoms with Gasteiger partial charge in [-0.3, -0.25) is 4.79 Å². The monoisotopic (exact) mass is 353 g/mol. The van der Waals surface area contributed by atoms with Gasteiger partial charge in [-0.1, -0.05) is 60.7 Å². The zero-order valence-electron chi connectivity index (χ0n) is 14.8. The summed E-state index contributed by atoms with van der Waals surface area (Å²) in [6.45, 7) is 0.765. The summed E-state index contributed by atoms with van der Waals surface area (Å²) in [5.41, 5.74) is 1.85. The molecule has 1 aliphatic heterocycles. The molecule has 1 saturated heterocycles. The first-order valence-electron chi connectivity index (χ1n) is 8.81. The molecule has 0 unspecified atom stereocenters. The Morgan fingerprint density at radius 1 is 1.04 bits per heavy atom. The van der Waals surface area contributed by atoms with Gasteiger partial charge in [0, 0.05) is 6.54 Å². The van der Waals surface area contributed by atoms with Gasteiger partial charge in [-0.15, -0.1) is 0 Å². The van der Waals surface area contributed by atoms with E-state index in [1.54, 1.807) is 4.90 Å². The average molecular weight is 353 g/mol. The van der Waals surface area contributed by atoms with Crippen molar-refractivity contribution in [1.29, 1.82) is 0 Å². The third-order valence-electron chi connectivity index (χ3n) is 4.72. The van der Waals surface area contributed by atoms with Gasteiger partial charge in [0.05, 0.1) is 19.1 Å². The highest BCUT2D eigenvalue weighted by molar-refractivity contribution is 5.76. The fraction of sp³-hybridized carbons (Fsp3) is 0.333. The zero-order valence-corrected chi connectivity index (χ0v) is 14.8. The lowest BCUT2D eigenvalue weighted by molar-refractivity contribution is -0.149. The Hall–Kier alpha value is -2.82. The van der Waals surface area contributed by atoms with Crippen molar-refractivity contribution in [3.8, 4) is 0 Å². The lowest BCUT2D eigenvalue weighted by atomic mass is 9.85. The van der Waals surface area contributed by atoms with Crippen LogP contribution in [0.3, 0.4) is 0 Å². The van der Waals surface area contributed by atoms with E-state index in [0.717, 1.165) is 17.5 Å². The third kappa shape index (κ3) is 4.04. The van der Waals surface area contributed by atoms with Crippen molar-refractivity contribution in [2.45, 2.75) is 25.5 Å². The van der Waals surface area contributed by atoms with Crippen molar-refractivity contribution >= 4 is 12.1 Å². The van der Waals surface area contributed by atoms with E-state index in [0.29, 0.717) is 13.0 Å². The Morgan fingerprint density at radius 2 is 1.69 bits per heavy atom. The van der Waals surface area contributed by atoms with Crippen molar-refractivity contribution in [3.63, 3.8) is 0 Å². The molecule has 26 heavy (non-hydrogen) atoms. The smallest absolute Gasteiger partial charge is 0.410 e. The molecule has 136 valence electrons. The fourth-order valence-corrected chi connectivity index (χ4v) is 3.46. The molecule has 0 aliphatic carbocycles. The van der Waals surface area contributed by atoms with Crippen LogP contribution >= 0.6 is 0 Å². The van der Waals surface area contributed by atoms with Crippen LogP contribution in [-0.2, 0) is 20.9 Å². The molecule has 0 aromatic heterocycles. The third-order valence-corrected chi connectivity index (χ3v) is 4.72. The normalized spacial score (nSPS) is 19.7. The number of benzene rings is 2. The quantitative estimate of drug-likeness (QED) is 0.781. The van der Waals surface area contributed by atoms with E-state index in [-0.39, 0.29) is 24.5 Å². The van der Waals surface area contributed by atoms with Crippen LogP contribution in [0.5, 0.6) is 0 Å². The molecule has 1 fully saturated rings. The van der Waals surface area contributed by atoms with E-state index < -0.39 is 6.09 Å². The van der Waals surface area contributed by atoms with E-state index >= 15 is 0 Å². The Morgan fingerprint density at radius 3 is 2.35 bits per heavy atom. The van der Waals surface area contributed by atoms with Crippen LogP contribution in [0.2, 0.25) is 0 Å². The number of carbonyl (C=O) groups excluding carboxylic acids is 2. The molecule has 2 aromatic rings. The minimum atomic E-state index is -0.406. The lowest BCUT2D eigenvalue weighted by Gasteiger charge is -2.39. The van der Waals surface area contributed by atoms with Crippen molar-refractivity contribution in [3.05, 3.63) is 71.8 Å². The highest BCUT2D eigenvalue weighted by Crippen LogP contribution is 2.37. The van der Waals surface area contributed by atoms with Crippen molar-refractivity contribution in [2.75, 3.05) is 13.7 Å². The Bertz CT molecular complexity index is 732. The number of esters is 1. The van der Waals surface area contributed by atoms with Crippen LogP contribution in [0, 0.1) is 5.92 Å². The van der Waals surface area contributed by atoms with Gasteiger partial charge in [-0.2, -0.15) is 0 Å². The molecule has 2 atom stereocenters. The molecule has 1 aliphatic rings. The van der Waals surface area contributed by atoms with E-state index in [4.69, 9.17) is 9.47 Å². The van der Waals surface area contributed by atoms with Crippen molar-refractivity contribution in [2.24, 2.45) is 5.92 Å². The van der Waals surface area contributed by atoms with Gasteiger partial charge in [-0.05, 0) is 24.0 Å². The second kappa shape index (κ2) is 8.52. The van der Waals surface area contributed by atoms with Gasteiger partial charge in [-0.25, -0.2) is 4.79 Å². The number of likely N-dealkylation sites (tertiary alicyclic amines) is 1. The maximum absolute atomic E-state index is 12.8. The van der Waals surface area contributed by atoms with Crippen LogP contribution in [0.25, 0.3) is 0 Å². The molecular weight excluding hydrogens is 330 g/mol.